The summed E-state index contributed by atoms with van der Waals surface area (Å²) in [7, 11) is 0. The van der Waals surface area contributed by atoms with E-state index in [1.807, 2.05) is 36.4 Å². The summed E-state index contributed by atoms with van der Waals surface area (Å²) < 4.78 is 0. The Bertz CT molecular complexity index is 859. The van der Waals surface area contributed by atoms with Gasteiger partial charge in [0.25, 0.3) is 5.69 Å². The molecule has 0 saturated carbocycles. The maximum absolute atomic E-state index is 10.7. The van der Waals surface area contributed by atoms with Gasteiger partial charge in [0.15, 0.2) is 0 Å². The highest BCUT2D eigenvalue weighted by molar-refractivity contribution is 5.90. The van der Waals surface area contributed by atoms with Crippen LogP contribution in [0, 0.1) is 10.1 Å². The van der Waals surface area contributed by atoms with Gasteiger partial charge in [-0.25, -0.2) is 0 Å². The first-order chi connectivity index (χ1) is 10.7. The monoisotopic (exact) mass is 291 g/mol. The van der Waals surface area contributed by atoms with Crippen LogP contribution in [-0.2, 0) is 0 Å². The Morgan fingerprint density at radius 2 is 1.77 bits per heavy atom. The van der Waals surface area contributed by atoms with Gasteiger partial charge in [-0.3, -0.25) is 15.5 Å². The van der Waals surface area contributed by atoms with Crippen LogP contribution in [-0.4, -0.2) is 11.1 Å². The van der Waals surface area contributed by atoms with E-state index in [-0.39, 0.29) is 5.69 Å². The second-order valence-corrected chi connectivity index (χ2v) is 4.78. The Hall–Kier alpha value is -3.21. The highest BCUT2D eigenvalue weighted by atomic mass is 16.6. The Balaban J connectivity index is 1.75. The number of non-ortho nitro benzene ring substituents is 1. The molecule has 1 N–H and O–H groups in total. The number of nitrogens with one attached hydrogen (secondary N) is 1. The van der Waals surface area contributed by atoms with Crippen LogP contribution in [0.4, 0.5) is 11.4 Å². The van der Waals surface area contributed by atoms with Gasteiger partial charge in [-0.1, -0.05) is 42.5 Å². The molecule has 3 aromatic rings. The number of nitro groups is 1. The highest BCUT2D eigenvalue weighted by Crippen LogP contribution is 2.17. The molecule has 0 bridgehead atoms. The van der Waals surface area contributed by atoms with Gasteiger partial charge in [0, 0.05) is 12.1 Å². The molecular weight excluding hydrogens is 278 g/mol. The summed E-state index contributed by atoms with van der Waals surface area (Å²) in [5, 5.41) is 17.1. The Kier molecular flexibility index (Phi) is 3.78. The van der Waals surface area contributed by atoms with E-state index in [4.69, 9.17) is 0 Å². The number of hydrogen-bond acceptors (Lipinski definition) is 4. The van der Waals surface area contributed by atoms with Crippen molar-refractivity contribution in [1.29, 1.82) is 0 Å². The number of nitro benzene ring substituents is 1. The van der Waals surface area contributed by atoms with Gasteiger partial charge < -0.3 is 0 Å². The van der Waals surface area contributed by atoms with Crippen LogP contribution in [0.2, 0.25) is 0 Å². The first-order valence-electron chi connectivity index (χ1n) is 6.75. The average Bonchev–Trinajstić information content (AvgIpc) is 2.55. The van der Waals surface area contributed by atoms with E-state index < -0.39 is 4.92 Å². The summed E-state index contributed by atoms with van der Waals surface area (Å²) in [5.74, 6) is 0. The lowest BCUT2D eigenvalue weighted by molar-refractivity contribution is -0.384. The van der Waals surface area contributed by atoms with Gasteiger partial charge in [-0.2, -0.15) is 5.10 Å². The summed E-state index contributed by atoms with van der Waals surface area (Å²) in [6.45, 7) is 0. The molecule has 5 heteroatoms. The van der Waals surface area contributed by atoms with Crippen LogP contribution >= 0.6 is 0 Å². The number of anilines is 1. The normalized spacial score (nSPS) is 10.9. The molecule has 0 saturated heterocycles. The van der Waals surface area contributed by atoms with Gasteiger partial charge in [-0.05, 0) is 28.5 Å². The van der Waals surface area contributed by atoms with Gasteiger partial charge in [-0.15, -0.1) is 0 Å². The number of benzene rings is 3. The van der Waals surface area contributed by atoms with E-state index in [1.165, 1.54) is 17.5 Å². The van der Waals surface area contributed by atoms with Crippen molar-refractivity contribution < 1.29 is 4.92 Å². The van der Waals surface area contributed by atoms with Crippen molar-refractivity contribution >= 4 is 28.4 Å². The van der Waals surface area contributed by atoms with Gasteiger partial charge >= 0.3 is 0 Å². The predicted octanol–water partition coefficient (Wildman–Crippen LogP) is 4.19. The Morgan fingerprint density at radius 3 is 2.59 bits per heavy atom. The third kappa shape index (κ3) is 3.09. The smallest absolute Gasteiger partial charge is 0.271 e. The van der Waals surface area contributed by atoms with Gasteiger partial charge in [0.1, 0.15) is 0 Å². The summed E-state index contributed by atoms with van der Waals surface area (Å²) in [4.78, 5) is 10.3. The molecule has 3 aromatic carbocycles. The van der Waals surface area contributed by atoms with Crippen LogP contribution in [0.5, 0.6) is 0 Å². The minimum atomic E-state index is -0.432. The van der Waals surface area contributed by atoms with Crippen molar-refractivity contribution in [1.82, 2.24) is 0 Å². The zero-order valence-corrected chi connectivity index (χ0v) is 11.6. The van der Waals surface area contributed by atoms with Crippen molar-refractivity contribution in [2.24, 2.45) is 5.10 Å². The minimum Gasteiger partial charge on any atom is -0.278 e. The molecule has 3 rings (SSSR count). The molecule has 0 fully saturated rings. The summed E-state index contributed by atoms with van der Waals surface area (Å²) in [5.41, 5.74) is 4.37. The molecule has 0 amide bonds. The number of rotatable bonds is 4. The van der Waals surface area contributed by atoms with E-state index in [0.29, 0.717) is 5.69 Å². The van der Waals surface area contributed by atoms with E-state index >= 15 is 0 Å². The van der Waals surface area contributed by atoms with Crippen LogP contribution in [0.3, 0.4) is 0 Å². The Morgan fingerprint density at radius 1 is 0.955 bits per heavy atom. The summed E-state index contributed by atoms with van der Waals surface area (Å²) in [6.07, 6.45) is 1.69. The second-order valence-electron chi connectivity index (χ2n) is 4.78. The number of hydrazone groups is 1. The molecule has 0 aliphatic heterocycles. The van der Waals surface area contributed by atoms with Gasteiger partial charge in [0.05, 0.1) is 16.8 Å². The molecule has 0 aliphatic rings. The maximum Gasteiger partial charge on any atom is 0.271 e. The number of fused-ring (bicyclic) bond motifs is 1. The fourth-order valence-corrected chi connectivity index (χ4v) is 2.16. The zero-order valence-electron chi connectivity index (χ0n) is 11.6. The summed E-state index contributed by atoms with van der Waals surface area (Å²) >= 11 is 0. The third-order valence-corrected chi connectivity index (χ3v) is 3.24. The summed E-state index contributed by atoms with van der Waals surface area (Å²) in [6, 6.07) is 20.4. The van der Waals surface area contributed by atoms with E-state index in [1.54, 1.807) is 18.3 Å². The highest BCUT2D eigenvalue weighted by Gasteiger charge is 2.04. The zero-order chi connectivity index (χ0) is 15.4. The van der Waals surface area contributed by atoms with Gasteiger partial charge in [0.2, 0.25) is 0 Å². The molecule has 0 aromatic heterocycles. The van der Waals surface area contributed by atoms with E-state index in [2.05, 4.69) is 16.6 Å². The van der Waals surface area contributed by atoms with E-state index in [9.17, 15) is 10.1 Å². The molecule has 0 atom stereocenters. The van der Waals surface area contributed by atoms with Crippen molar-refractivity contribution in [2.75, 3.05) is 5.43 Å². The topological polar surface area (TPSA) is 67.5 Å². The molecule has 0 radical (unpaired) electrons. The second kappa shape index (κ2) is 6.05. The maximum atomic E-state index is 10.7. The van der Waals surface area contributed by atoms with Crippen LogP contribution < -0.4 is 5.43 Å². The predicted molar refractivity (Wildman–Crippen MR) is 88.3 cm³/mol. The standard InChI is InChI=1S/C17H13N3O2/c21-20(22)17-7-3-6-16(11-17)19-18-12-13-8-9-14-4-1-2-5-15(14)10-13/h1-12,19H/b18-12+. The van der Waals surface area contributed by atoms with Crippen molar-refractivity contribution in [3.63, 3.8) is 0 Å². The molecule has 0 spiro atoms. The van der Waals surface area contributed by atoms with Crippen LogP contribution in [0.1, 0.15) is 5.56 Å². The first kappa shape index (κ1) is 13.8. The fraction of sp³-hybridized carbons (Fsp3) is 0. The SMILES string of the molecule is O=[N+]([O-])c1cccc(N/N=C/c2ccc3ccccc3c2)c1. The van der Waals surface area contributed by atoms with E-state index in [0.717, 1.165) is 10.9 Å². The lowest BCUT2D eigenvalue weighted by Crippen LogP contribution is -1.93. The average molecular weight is 291 g/mol. The lowest BCUT2D eigenvalue weighted by atomic mass is 10.1. The quantitative estimate of drug-likeness (QED) is 0.445. The molecule has 0 aliphatic carbocycles. The molecule has 5 nitrogen and oxygen atoms in total. The number of nitrogens with zero attached hydrogens (tertiary/aromatic N) is 2. The minimum absolute atomic E-state index is 0.0332. The molecule has 0 unspecified atom stereocenters. The number of hydrogen-bond donors (Lipinski definition) is 1. The molecule has 22 heavy (non-hydrogen) atoms. The van der Waals surface area contributed by atoms with Crippen molar-refractivity contribution in [3.8, 4) is 0 Å². The van der Waals surface area contributed by atoms with Crippen LogP contribution in [0.15, 0.2) is 71.8 Å². The van der Waals surface area contributed by atoms with Crippen molar-refractivity contribution in [3.05, 3.63) is 82.4 Å². The first-order valence-corrected chi connectivity index (χ1v) is 6.75. The largest absolute Gasteiger partial charge is 0.278 e. The Labute approximate surface area is 127 Å². The molecule has 0 heterocycles. The lowest BCUT2D eigenvalue weighted by Gasteiger charge is -2.01. The van der Waals surface area contributed by atoms with Crippen molar-refractivity contribution in [2.45, 2.75) is 0 Å². The fourth-order valence-electron chi connectivity index (χ4n) is 2.16. The molecule has 108 valence electrons. The molecular formula is C17H13N3O2. The van der Waals surface area contributed by atoms with Crippen LogP contribution in [0.25, 0.3) is 10.8 Å². The third-order valence-electron chi connectivity index (χ3n) is 3.24.